The van der Waals surface area contributed by atoms with Crippen molar-refractivity contribution >= 4 is 11.5 Å². The molecule has 1 aromatic rings. The van der Waals surface area contributed by atoms with Crippen LogP contribution in [-0.2, 0) is 4.79 Å². The number of aliphatic carboxylic acids is 1. The second-order valence-corrected chi connectivity index (χ2v) is 5.63. The largest absolute Gasteiger partial charge is 0.545 e. The van der Waals surface area contributed by atoms with Crippen molar-refractivity contribution in [3.8, 4) is 0 Å². The molecule has 0 bridgehead atoms. The van der Waals surface area contributed by atoms with Crippen LogP contribution in [0.15, 0.2) is 35.9 Å². The van der Waals surface area contributed by atoms with Crippen LogP contribution in [0.4, 0.5) is 0 Å². The maximum Gasteiger partial charge on any atom is 0.0675 e. The van der Waals surface area contributed by atoms with Gasteiger partial charge >= 0.3 is 0 Å². The molecule has 0 spiro atoms. The minimum Gasteiger partial charge on any atom is -0.545 e. The molecule has 0 aliphatic carbocycles. The van der Waals surface area contributed by atoms with E-state index in [-0.39, 0.29) is 0 Å². The lowest BCUT2D eigenvalue weighted by molar-refractivity contribution is -0.299. The highest BCUT2D eigenvalue weighted by atomic mass is 16.4. The first-order chi connectivity index (χ1) is 10.2. The second-order valence-electron chi connectivity index (χ2n) is 5.63. The van der Waals surface area contributed by atoms with Gasteiger partial charge in [-0.25, -0.2) is 0 Å². The van der Waals surface area contributed by atoms with E-state index in [2.05, 4.69) is 6.92 Å². The van der Waals surface area contributed by atoms with Crippen LogP contribution in [0.25, 0.3) is 5.57 Å². The van der Waals surface area contributed by atoms with Crippen LogP contribution in [0.2, 0.25) is 0 Å². The number of carboxylic acids is 1. The third-order valence-electron chi connectivity index (χ3n) is 3.91. The summed E-state index contributed by atoms with van der Waals surface area (Å²) in [5.41, 5.74) is 2.29. The molecule has 2 nitrogen and oxygen atoms in total. The Morgan fingerprint density at radius 3 is 2.10 bits per heavy atom. The number of carbonyl (C=O) groups excluding carboxylic acids is 1. The molecule has 0 atom stereocenters. The average Bonchev–Trinajstić information content (AvgIpc) is 2.50. The zero-order valence-corrected chi connectivity index (χ0v) is 13.4. The highest BCUT2D eigenvalue weighted by molar-refractivity contribution is 5.94. The number of carboxylic acid groups (broad SMARTS) is 1. The first kappa shape index (κ1) is 17.5. The zero-order chi connectivity index (χ0) is 15.5. The quantitative estimate of drug-likeness (QED) is 0.474. The van der Waals surface area contributed by atoms with Crippen LogP contribution in [0.3, 0.4) is 0 Å². The maximum absolute atomic E-state index is 11.2. The predicted octanol–water partition coefficient (Wildman–Crippen LogP) is 4.35. The summed E-state index contributed by atoms with van der Waals surface area (Å²) in [6, 6.07) is 9.79. The van der Waals surface area contributed by atoms with Crippen molar-refractivity contribution in [2.45, 2.75) is 65.2 Å². The molecule has 2 heteroatoms. The molecule has 0 fully saturated rings. The second kappa shape index (κ2) is 10.2. The Labute approximate surface area is 128 Å². The van der Waals surface area contributed by atoms with Gasteiger partial charge in [0, 0.05) is 0 Å². The summed E-state index contributed by atoms with van der Waals surface area (Å²) >= 11 is 0. The standard InChI is InChI=1S/C19H28O2/c1-3-4-5-6-7-8-12-15-18(16(2)19(20)21)17-13-10-9-11-14-17/h9-11,13-14H,3-8,12,15H2,1-2H3,(H,20,21)/p-1/b18-16-. The van der Waals surface area contributed by atoms with E-state index in [4.69, 9.17) is 0 Å². The van der Waals surface area contributed by atoms with Crippen molar-refractivity contribution in [1.29, 1.82) is 0 Å². The van der Waals surface area contributed by atoms with Crippen molar-refractivity contribution in [2.75, 3.05) is 0 Å². The van der Waals surface area contributed by atoms with Crippen molar-refractivity contribution in [1.82, 2.24) is 0 Å². The Bertz CT molecular complexity index is 446. The number of hydrogen-bond donors (Lipinski definition) is 0. The molecule has 0 aromatic heterocycles. The molecule has 116 valence electrons. The van der Waals surface area contributed by atoms with Crippen LogP contribution >= 0.6 is 0 Å². The van der Waals surface area contributed by atoms with E-state index >= 15 is 0 Å². The minimum absolute atomic E-state index is 0.368. The van der Waals surface area contributed by atoms with Crippen LogP contribution in [0.1, 0.15) is 70.8 Å². The van der Waals surface area contributed by atoms with Gasteiger partial charge in [-0.1, -0.05) is 75.8 Å². The normalized spacial score (nSPS) is 12.1. The summed E-state index contributed by atoms with van der Waals surface area (Å²) in [4.78, 5) is 11.2. The van der Waals surface area contributed by atoms with E-state index in [1.54, 1.807) is 6.92 Å². The van der Waals surface area contributed by atoms with Crippen molar-refractivity contribution in [2.24, 2.45) is 0 Å². The van der Waals surface area contributed by atoms with Gasteiger partial charge in [0.05, 0.1) is 5.97 Å². The van der Waals surface area contributed by atoms with E-state index in [0.717, 1.165) is 24.0 Å². The molecule has 1 rings (SSSR count). The van der Waals surface area contributed by atoms with E-state index < -0.39 is 5.97 Å². The van der Waals surface area contributed by atoms with Gasteiger partial charge in [0.25, 0.3) is 0 Å². The third-order valence-corrected chi connectivity index (χ3v) is 3.91. The van der Waals surface area contributed by atoms with Gasteiger partial charge in [-0.15, -0.1) is 0 Å². The minimum atomic E-state index is -1.06. The number of unbranched alkanes of at least 4 members (excludes halogenated alkanes) is 6. The fourth-order valence-electron chi connectivity index (χ4n) is 2.57. The summed E-state index contributed by atoms with van der Waals surface area (Å²) in [6.45, 7) is 3.87. The molecule has 21 heavy (non-hydrogen) atoms. The molecular formula is C19H27O2-. The van der Waals surface area contributed by atoms with Gasteiger partial charge in [0.2, 0.25) is 0 Å². The molecular weight excluding hydrogens is 260 g/mol. The van der Waals surface area contributed by atoms with Crippen molar-refractivity contribution in [3.63, 3.8) is 0 Å². The lowest BCUT2D eigenvalue weighted by Gasteiger charge is -2.14. The monoisotopic (exact) mass is 287 g/mol. The molecule has 0 radical (unpaired) electrons. The molecule has 0 aliphatic heterocycles. The topological polar surface area (TPSA) is 40.1 Å². The molecule has 0 unspecified atom stereocenters. The Balaban J connectivity index is 2.53. The summed E-state index contributed by atoms with van der Waals surface area (Å²) in [7, 11) is 0. The van der Waals surface area contributed by atoms with Crippen molar-refractivity contribution < 1.29 is 9.90 Å². The van der Waals surface area contributed by atoms with Crippen LogP contribution in [0, 0.1) is 0 Å². The van der Waals surface area contributed by atoms with E-state index in [9.17, 15) is 9.90 Å². The van der Waals surface area contributed by atoms with Crippen LogP contribution < -0.4 is 5.11 Å². The number of benzene rings is 1. The third kappa shape index (κ3) is 6.61. The molecule has 0 N–H and O–H groups in total. The van der Waals surface area contributed by atoms with Crippen LogP contribution in [0.5, 0.6) is 0 Å². The Morgan fingerprint density at radius 1 is 0.952 bits per heavy atom. The van der Waals surface area contributed by atoms with E-state index in [1.807, 2.05) is 30.3 Å². The Kier molecular flexibility index (Phi) is 8.49. The van der Waals surface area contributed by atoms with Crippen molar-refractivity contribution in [3.05, 3.63) is 41.5 Å². The van der Waals surface area contributed by atoms with Crippen LogP contribution in [-0.4, -0.2) is 5.97 Å². The molecule has 0 heterocycles. The predicted molar refractivity (Wildman–Crippen MR) is 86.7 cm³/mol. The highest BCUT2D eigenvalue weighted by Gasteiger charge is 2.06. The number of allylic oxidation sites excluding steroid dienone is 1. The first-order valence-corrected chi connectivity index (χ1v) is 8.13. The summed E-state index contributed by atoms with van der Waals surface area (Å²) in [6.07, 6.45) is 9.46. The molecule has 1 aromatic carbocycles. The highest BCUT2D eigenvalue weighted by Crippen LogP contribution is 2.25. The van der Waals surface area contributed by atoms with Gasteiger partial charge < -0.3 is 9.90 Å². The lowest BCUT2D eigenvalue weighted by atomic mass is 9.95. The van der Waals surface area contributed by atoms with Gasteiger partial charge in [-0.2, -0.15) is 0 Å². The fourth-order valence-corrected chi connectivity index (χ4v) is 2.57. The van der Waals surface area contributed by atoms with Gasteiger partial charge in [-0.3, -0.25) is 0 Å². The molecule has 0 aliphatic rings. The Hall–Kier alpha value is -1.57. The number of carbonyl (C=O) groups is 1. The maximum atomic E-state index is 11.2. The number of hydrogen-bond acceptors (Lipinski definition) is 2. The molecule has 0 saturated heterocycles. The summed E-state index contributed by atoms with van der Waals surface area (Å²) < 4.78 is 0. The summed E-state index contributed by atoms with van der Waals surface area (Å²) in [5, 5.41) is 11.2. The summed E-state index contributed by atoms with van der Waals surface area (Å²) in [5.74, 6) is -1.06. The molecule has 0 saturated carbocycles. The van der Waals surface area contributed by atoms with E-state index in [1.165, 1.54) is 38.5 Å². The SMILES string of the molecule is CCCCCCCCC/C(=C(\C)C(=O)[O-])c1ccccc1. The van der Waals surface area contributed by atoms with Gasteiger partial charge in [-0.05, 0) is 36.5 Å². The first-order valence-electron chi connectivity index (χ1n) is 8.13. The number of rotatable bonds is 10. The zero-order valence-electron chi connectivity index (χ0n) is 13.4. The average molecular weight is 287 g/mol. The van der Waals surface area contributed by atoms with Gasteiger partial charge in [0.15, 0.2) is 0 Å². The Morgan fingerprint density at radius 2 is 1.52 bits per heavy atom. The molecule has 0 amide bonds. The van der Waals surface area contributed by atoms with E-state index in [0.29, 0.717) is 5.57 Å². The fraction of sp³-hybridized carbons (Fsp3) is 0.526. The lowest BCUT2D eigenvalue weighted by Crippen LogP contribution is -2.24. The smallest absolute Gasteiger partial charge is 0.0675 e. The van der Waals surface area contributed by atoms with Gasteiger partial charge in [0.1, 0.15) is 0 Å².